The number of carboxylic acids is 1. The average Bonchev–Trinajstić information content (AvgIpc) is 3.64. The number of ketones is 1. The van der Waals surface area contributed by atoms with E-state index in [-0.39, 0.29) is 5.78 Å². The molecule has 1 aliphatic heterocycles. The number of benzene rings is 2. The Morgan fingerprint density at radius 3 is 2.33 bits per heavy atom. The fourth-order valence-electron chi connectivity index (χ4n) is 5.60. The van der Waals surface area contributed by atoms with Crippen molar-refractivity contribution in [1.29, 1.82) is 0 Å². The van der Waals surface area contributed by atoms with E-state index in [0.717, 1.165) is 38.5 Å². The first kappa shape index (κ1) is 24.8. The number of Topliss-reactive ketones (excluding diaryl/α,β-unsaturated/α-hetero) is 1. The molecule has 36 heavy (non-hydrogen) atoms. The summed E-state index contributed by atoms with van der Waals surface area (Å²) in [6.07, 6.45) is 8.90. The van der Waals surface area contributed by atoms with E-state index in [1.54, 1.807) is 38.1 Å². The van der Waals surface area contributed by atoms with Crippen molar-refractivity contribution in [2.24, 2.45) is 5.92 Å². The number of hydrogen-bond acceptors (Lipinski definition) is 3. The van der Waals surface area contributed by atoms with Gasteiger partial charge in [0.25, 0.3) is 0 Å². The molecule has 0 radical (unpaired) electrons. The van der Waals surface area contributed by atoms with Gasteiger partial charge in [-0.15, -0.1) is 0 Å². The molecule has 1 saturated heterocycles. The minimum Gasteiger partial charge on any atom is -0.481 e. The minimum absolute atomic E-state index is 0.132. The molecule has 3 aromatic rings. The Morgan fingerprint density at radius 2 is 1.67 bits per heavy atom. The van der Waals surface area contributed by atoms with Gasteiger partial charge in [-0.1, -0.05) is 42.5 Å². The van der Waals surface area contributed by atoms with Crippen LogP contribution in [0.3, 0.4) is 0 Å². The van der Waals surface area contributed by atoms with Gasteiger partial charge in [0, 0.05) is 35.6 Å². The second kappa shape index (κ2) is 10.2. The molecule has 2 heterocycles. The number of carbonyl (C=O) groups is 2. The first-order valence-electron chi connectivity index (χ1n) is 13.5. The van der Waals surface area contributed by atoms with Crippen LogP contribution in [0.15, 0.2) is 54.7 Å². The number of para-hydroxylation sites is 1. The van der Waals surface area contributed by atoms with Crippen molar-refractivity contribution >= 4 is 22.7 Å². The Balaban J connectivity index is 1.11. The number of carbonyl (C=O) groups excluding carboxylic acids is 1. The summed E-state index contributed by atoms with van der Waals surface area (Å²) in [5.74, 6) is 0.747. The predicted octanol–water partition coefficient (Wildman–Crippen LogP) is 6.26. The van der Waals surface area contributed by atoms with Crippen LogP contribution in [-0.2, 0) is 16.8 Å². The fourth-order valence-corrected chi connectivity index (χ4v) is 5.60. The molecule has 190 valence electrons. The number of hydrogen-bond donors (Lipinski definition) is 1. The lowest BCUT2D eigenvalue weighted by Crippen LogP contribution is -2.33. The molecule has 5 heteroatoms. The standard InChI is InChI=1S/C31H38N2O3/c1-31(2,30(35)36)25-13-11-24(12-14-25)29(34)8-5-17-32-18-15-23(16-19-32)27-21-33(20-22-9-10-22)28-7-4-3-6-26(27)28/h3-4,6-7,11-14,21-23H,5,8-10,15-20H2,1-2H3,(H,35,36). The highest BCUT2D eigenvalue weighted by Gasteiger charge is 2.29. The Labute approximate surface area is 214 Å². The molecule has 0 bridgehead atoms. The zero-order chi connectivity index (χ0) is 25.3. The molecule has 0 amide bonds. The second-order valence-electron chi connectivity index (χ2n) is 11.3. The Morgan fingerprint density at radius 1 is 0.972 bits per heavy atom. The average molecular weight is 487 g/mol. The summed E-state index contributed by atoms with van der Waals surface area (Å²) >= 11 is 0. The molecule has 1 N–H and O–H groups in total. The van der Waals surface area contributed by atoms with Crippen molar-refractivity contribution in [2.45, 2.75) is 70.3 Å². The zero-order valence-electron chi connectivity index (χ0n) is 21.6. The van der Waals surface area contributed by atoms with E-state index in [2.05, 4.69) is 39.9 Å². The maximum absolute atomic E-state index is 12.7. The van der Waals surface area contributed by atoms with E-state index in [9.17, 15) is 14.7 Å². The topological polar surface area (TPSA) is 62.5 Å². The van der Waals surface area contributed by atoms with Crippen molar-refractivity contribution in [3.05, 3.63) is 71.4 Å². The van der Waals surface area contributed by atoms with Gasteiger partial charge in [-0.05, 0) is 94.6 Å². The highest BCUT2D eigenvalue weighted by molar-refractivity contribution is 5.96. The summed E-state index contributed by atoms with van der Waals surface area (Å²) in [5, 5.41) is 10.8. The van der Waals surface area contributed by atoms with Crippen LogP contribution in [0.25, 0.3) is 10.9 Å². The predicted molar refractivity (Wildman–Crippen MR) is 144 cm³/mol. The van der Waals surface area contributed by atoms with Gasteiger partial charge in [0.2, 0.25) is 0 Å². The zero-order valence-corrected chi connectivity index (χ0v) is 21.6. The molecule has 5 nitrogen and oxygen atoms in total. The minimum atomic E-state index is -0.959. The number of rotatable bonds is 10. The lowest BCUT2D eigenvalue weighted by Gasteiger charge is -2.32. The third-order valence-corrected chi connectivity index (χ3v) is 8.34. The second-order valence-corrected chi connectivity index (χ2v) is 11.3. The van der Waals surface area contributed by atoms with E-state index in [4.69, 9.17) is 0 Å². The van der Waals surface area contributed by atoms with Crippen LogP contribution in [0.2, 0.25) is 0 Å². The molecular formula is C31H38N2O3. The van der Waals surface area contributed by atoms with Gasteiger partial charge >= 0.3 is 5.97 Å². The number of likely N-dealkylation sites (tertiary alicyclic amines) is 1. The van der Waals surface area contributed by atoms with Gasteiger partial charge in [-0.3, -0.25) is 9.59 Å². The van der Waals surface area contributed by atoms with Gasteiger partial charge in [0.1, 0.15) is 0 Å². The smallest absolute Gasteiger partial charge is 0.313 e. The molecule has 0 atom stereocenters. The van der Waals surface area contributed by atoms with Crippen molar-refractivity contribution < 1.29 is 14.7 Å². The van der Waals surface area contributed by atoms with Crippen LogP contribution in [0.4, 0.5) is 0 Å². The van der Waals surface area contributed by atoms with Crippen LogP contribution < -0.4 is 0 Å². The molecule has 1 aliphatic carbocycles. The van der Waals surface area contributed by atoms with Crippen LogP contribution in [0.1, 0.15) is 79.8 Å². The summed E-state index contributed by atoms with van der Waals surface area (Å²) in [6.45, 7) is 7.64. The third kappa shape index (κ3) is 5.27. The third-order valence-electron chi connectivity index (χ3n) is 8.34. The Kier molecular flexibility index (Phi) is 7.03. The molecule has 1 saturated carbocycles. The maximum Gasteiger partial charge on any atom is 0.313 e. The van der Waals surface area contributed by atoms with Gasteiger partial charge in [0.15, 0.2) is 5.78 Å². The van der Waals surface area contributed by atoms with Crippen LogP contribution in [-0.4, -0.2) is 46.0 Å². The largest absolute Gasteiger partial charge is 0.481 e. The van der Waals surface area contributed by atoms with E-state index in [1.165, 1.54) is 42.1 Å². The number of aromatic nitrogens is 1. The van der Waals surface area contributed by atoms with E-state index < -0.39 is 11.4 Å². The number of fused-ring (bicyclic) bond motifs is 1. The van der Waals surface area contributed by atoms with E-state index in [1.807, 2.05) is 0 Å². The van der Waals surface area contributed by atoms with Crippen LogP contribution in [0.5, 0.6) is 0 Å². The summed E-state index contributed by atoms with van der Waals surface area (Å²) in [7, 11) is 0. The van der Waals surface area contributed by atoms with Crippen molar-refractivity contribution in [3.8, 4) is 0 Å². The lowest BCUT2D eigenvalue weighted by atomic mass is 9.84. The summed E-state index contributed by atoms with van der Waals surface area (Å²) in [5.41, 5.74) is 3.33. The molecule has 5 rings (SSSR count). The summed E-state index contributed by atoms with van der Waals surface area (Å²) < 4.78 is 2.50. The highest BCUT2D eigenvalue weighted by atomic mass is 16.4. The number of nitrogens with zero attached hydrogens (tertiary/aromatic N) is 2. The lowest BCUT2D eigenvalue weighted by molar-refractivity contribution is -0.142. The maximum atomic E-state index is 12.7. The Hall–Kier alpha value is -2.92. The van der Waals surface area contributed by atoms with E-state index >= 15 is 0 Å². The fraction of sp³-hybridized carbons (Fsp3) is 0.484. The van der Waals surface area contributed by atoms with Crippen molar-refractivity contribution in [1.82, 2.24) is 9.47 Å². The molecule has 0 spiro atoms. The van der Waals surface area contributed by atoms with Gasteiger partial charge in [-0.25, -0.2) is 0 Å². The van der Waals surface area contributed by atoms with Crippen LogP contribution >= 0.6 is 0 Å². The monoisotopic (exact) mass is 486 g/mol. The Bertz CT molecular complexity index is 1230. The molecule has 0 unspecified atom stereocenters. The summed E-state index contributed by atoms with van der Waals surface area (Å²) in [6, 6.07) is 16.0. The molecular weight excluding hydrogens is 448 g/mol. The van der Waals surface area contributed by atoms with E-state index in [0.29, 0.717) is 23.5 Å². The van der Waals surface area contributed by atoms with Gasteiger partial charge in [0.05, 0.1) is 5.41 Å². The first-order chi connectivity index (χ1) is 17.3. The number of aliphatic carboxylic acids is 1. The van der Waals surface area contributed by atoms with Crippen molar-refractivity contribution in [2.75, 3.05) is 19.6 Å². The van der Waals surface area contributed by atoms with Crippen molar-refractivity contribution in [3.63, 3.8) is 0 Å². The van der Waals surface area contributed by atoms with Gasteiger partial charge in [-0.2, -0.15) is 0 Å². The van der Waals surface area contributed by atoms with Gasteiger partial charge < -0.3 is 14.6 Å². The summed E-state index contributed by atoms with van der Waals surface area (Å²) in [4.78, 5) is 26.7. The first-order valence-corrected chi connectivity index (χ1v) is 13.5. The highest BCUT2D eigenvalue weighted by Crippen LogP contribution is 2.37. The molecule has 1 aromatic heterocycles. The number of carboxylic acid groups (broad SMARTS) is 1. The quantitative estimate of drug-likeness (QED) is 0.344. The SMILES string of the molecule is CC(C)(C(=O)O)c1ccc(C(=O)CCCN2CCC(c3cn(CC4CC4)c4ccccc34)CC2)cc1. The normalized spacial score (nSPS) is 17.5. The number of piperidine rings is 1. The molecule has 2 aromatic carbocycles. The van der Waals surface area contributed by atoms with Crippen LogP contribution in [0, 0.1) is 5.92 Å². The molecule has 2 fully saturated rings. The molecule has 2 aliphatic rings.